The Hall–Kier alpha value is -1.72. The third-order valence-electron chi connectivity index (χ3n) is 3.03. The fourth-order valence-corrected chi connectivity index (χ4v) is 3.69. The van der Waals surface area contributed by atoms with Crippen LogP contribution in [-0.2, 0) is 20.6 Å². The van der Waals surface area contributed by atoms with Gasteiger partial charge in [0.15, 0.2) is 0 Å². The highest BCUT2D eigenvalue weighted by Crippen LogP contribution is 2.43. The summed E-state index contributed by atoms with van der Waals surface area (Å²) in [5.74, 6) is -3.48. The summed E-state index contributed by atoms with van der Waals surface area (Å²) in [6.45, 7) is 0. The van der Waals surface area contributed by atoms with Crippen molar-refractivity contribution in [2.45, 2.75) is 19.3 Å². The summed E-state index contributed by atoms with van der Waals surface area (Å²) in [5, 5.41) is 17.6. The zero-order valence-corrected chi connectivity index (χ0v) is 12.3. The monoisotopic (exact) mass is 315 g/mol. The van der Waals surface area contributed by atoms with Gasteiger partial charge in [0.1, 0.15) is 0 Å². The van der Waals surface area contributed by atoms with Crippen molar-refractivity contribution in [2.24, 2.45) is 5.92 Å². The fraction of sp³-hybridized carbons (Fsp3) is 0.462. The summed E-state index contributed by atoms with van der Waals surface area (Å²) in [4.78, 5) is 35.3. The van der Waals surface area contributed by atoms with Crippen LogP contribution >= 0.6 is 7.37 Å². The summed E-state index contributed by atoms with van der Waals surface area (Å²) >= 11 is 0. The summed E-state index contributed by atoms with van der Waals surface area (Å²) in [5.41, 5.74) is 0.796. The molecule has 0 aliphatic carbocycles. The zero-order valence-electron chi connectivity index (χ0n) is 11.4. The van der Waals surface area contributed by atoms with Gasteiger partial charge < -0.3 is 15.1 Å². The molecule has 0 saturated heterocycles. The van der Waals surface area contributed by atoms with E-state index in [0.29, 0.717) is 6.42 Å². The molecule has 0 fully saturated rings. The molecule has 0 aliphatic heterocycles. The standard InChI is InChI=1S/C13H18NO6P/c15-12(16)4-3-11(13(17)18)9-21(19,20)7-5-10-2-1-6-14-8-10/h1-2,6,8,11H,3-5,7,9H2,(H,15,16)(H,17,18)(H,19,20). The highest BCUT2D eigenvalue weighted by Gasteiger charge is 2.29. The molecule has 1 aromatic rings. The molecule has 0 amide bonds. The Kier molecular flexibility index (Phi) is 6.52. The van der Waals surface area contributed by atoms with E-state index >= 15 is 0 Å². The Morgan fingerprint density at radius 3 is 2.57 bits per heavy atom. The Bertz CT molecular complexity index is 533. The van der Waals surface area contributed by atoms with Crippen molar-refractivity contribution in [3.05, 3.63) is 30.1 Å². The predicted molar refractivity (Wildman–Crippen MR) is 75.5 cm³/mol. The van der Waals surface area contributed by atoms with Crippen molar-refractivity contribution in [1.29, 1.82) is 0 Å². The first-order valence-electron chi connectivity index (χ1n) is 6.44. The van der Waals surface area contributed by atoms with Crippen LogP contribution in [0.5, 0.6) is 0 Å². The third kappa shape index (κ3) is 7.02. The van der Waals surface area contributed by atoms with E-state index in [9.17, 15) is 19.0 Å². The third-order valence-corrected chi connectivity index (χ3v) is 4.97. The maximum absolute atomic E-state index is 12.1. The average molecular weight is 315 g/mol. The number of carbonyl (C=O) groups is 2. The Morgan fingerprint density at radius 2 is 2.05 bits per heavy atom. The van der Waals surface area contributed by atoms with Gasteiger partial charge in [-0.25, -0.2) is 0 Å². The van der Waals surface area contributed by atoms with Gasteiger partial charge in [-0.05, 0) is 24.5 Å². The number of nitrogens with zero attached hydrogens (tertiary/aromatic N) is 1. The van der Waals surface area contributed by atoms with E-state index in [1.807, 2.05) is 0 Å². The minimum absolute atomic E-state index is 0.0461. The minimum Gasteiger partial charge on any atom is -0.481 e. The molecule has 3 N–H and O–H groups in total. The smallest absolute Gasteiger partial charge is 0.307 e. The molecule has 8 heteroatoms. The van der Waals surface area contributed by atoms with Gasteiger partial charge in [-0.2, -0.15) is 0 Å². The Labute approximate surface area is 122 Å². The van der Waals surface area contributed by atoms with Gasteiger partial charge in [0, 0.05) is 31.1 Å². The lowest BCUT2D eigenvalue weighted by atomic mass is 10.1. The Balaban J connectivity index is 2.57. The molecule has 116 valence electrons. The number of hydrogen-bond acceptors (Lipinski definition) is 4. The molecule has 1 aromatic heterocycles. The molecule has 2 unspecified atom stereocenters. The largest absolute Gasteiger partial charge is 0.481 e. The van der Waals surface area contributed by atoms with E-state index in [1.54, 1.807) is 24.5 Å². The van der Waals surface area contributed by atoms with Crippen molar-refractivity contribution >= 4 is 19.3 Å². The van der Waals surface area contributed by atoms with Crippen LogP contribution in [0.25, 0.3) is 0 Å². The second kappa shape index (κ2) is 7.90. The second-order valence-electron chi connectivity index (χ2n) is 4.83. The number of carboxylic acids is 2. The van der Waals surface area contributed by atoms with Gasteiger partial charge in [0.2, 0.25) is 7.37 Å². The van der Waals surface area contributed by atoms with Crippen molar-refractivity contribution in [2.75, 3.05) is 12.3 Å². The zero-order chi connectivity index (χ0) is 15.9. The van der Waals surface area contributed by atoms with Gasteiger partial charge in [-0.3, -0.25) is 19.1 Å². The molecule has 0 bridgehead atoms. The topological polar surface area (TPSA) is 125 Å². The van der Waals surface area contributed by atoms with E-state index in [4.69, 9.17) is 10.2 Å². The number of carboxylic acid groups (broad SMARTS) is 2. The quantitative estimate of drug-likeness (QED) is 0.589. The lowest BCUT2D eigenvalue weighted by molar-refractivity contribution is -0.142. The maximum atomic E-state index is 12.1. The number of aliphatic carboxylic acids is 2. The van der Waals surface area contributed by atoms with Crippen molar-refractivity contribution < 1.29 is 29.3 Å². The van der Waals surface area contributed by atoms with Crippen LogP contribution in [0.3, 0.4) is 0 Å². The highest BCUT2D eigenvalue weighted by molar-refractivity contribution is 7.58. The van der Waals surface area contributed by atoms with Gasteiger partial charge in [-0.15, -0.1) is 0 Å². The molecular formula is C13H18NO6P. The summed E-state index contributed by atoms with van der Waals surface area (Å²) in [7, 11) is -3.63. The Morgan fingerprint density at radius 1 is 1.33 bits per heavy atom. The normalized spacial score (nSPS) is 15.1. The number of pyridine rings is 1. The molecule has 21 heavy (non-hydrogen) atoms. The molecule has 1 rings (SSSR count). The van der Waals surface area contributed by atoms with Crippen LogP contribution in [0.1, 0.15) is 18.4 Å². The number of rotatable bonds is 9. The molecule has 0 aromatic carbocycles. The number of hydrogen-bond donors (Lipinski definition) is 3. The maximum Gasteiger partial charge on any atom is 0.307 e. The van der Waals surface area contributed by atoms with Crippen molar-refractivity contribution in [3.8, 4) is 0 Å². The van der Waals surface area contributed by atoms with Gasteiger partial charge >= 0.3 is 11.9 Å². The van der Waals surface area contributed by atoms with Crippen molar-refractivity contribution in [3.63, 3.8) is 0 Å². The molecule has 2 atom stereocenters. The lowest BCUT2D eigenvalue weighted by Gasteiger charge is -2.16. The van der Waals surface area contributed by atoms with Crippen LogP contribution in [0.15, 0.2) is 24.5 Å². The van der Waals surface area contributed by atoms with Gasteiger partial charge in [0.25, 0.3) is 0 Å². The van der Waals surface area contributed by atoms with Crippen LogP contribution in [-0.4, -0.2) is 44.4 Å². The van der Waals surface area contributed by atoms with E-state index in [1.165, 1.54) is 0 Å². The van der Waals surface area contributed by atoms with Crippen LogP contribution in [0, 0.1) is 5.92 Å². The summed E-state index contributed by atoms with van der Waals surface area (Å²) in [6, 6.07) is 3.48. The minimum atomic E-state index is -3.63. The van der Waals surface area contributed by atoms with Crippen LogP contribution in [0.2, 0.25) is 0 Å². The van der Waals surface area contributed by atoms with E-state index in [-0.39, 0.29) is 19.0 Å². The molecule has 0 aliphatic rings. The first-order chi connectivity index (χ1) is 9.80. The molecular weight excluding hydrogens is 297 g/mol. The first-order valence-corrected chi connectivity index (χ1v) is 8.47. The van der Waals surface area contributed by atoms with E-state index in [2.05, 4.69) is 4.98 Å². The average Bonchev–Trinajstić information content (AvgIpc) is 2.42. The van der Waals surface area contributed by atoms with Crippen molar-refractivity contribution in [1.82, 2.24) is 4.98 Å². The lowest BCUT2D eigenvalue weighted by Crippen LogP contribution is -2.20. The molecule has 1 heterocycles. The molecule has 7 nitrogen and oxygen atoms in total. The van der Waals surface area contributed by atoms with Gasteiger partial charge in [-0.1, -0.05) is 6.07 Å². The SMILES string of the molecule is O=C(O)CCC(CP(=O)(O)CCc1cccnc1)C(=O)O. The van der Waals surface area contributed by atoms with E-state index in [0.717, 1.165) is 5.56 Å². The predicted octanol–water partition coefficient (Wildman–Crippen LogP) is 1.46. The molecule has 0 spiro atoms. The molecule has 0 radical (unpaired) electrons. The fourth-order valence-electron chi connectivity index (χ4n) is 1.88. The molecule has 0 saturated carbocycles. The number of aryl methyl sites for hydroxylation is 1. The van der Waals surface area contributed by atoms with Crippen LogP contribution in [0.4, 0.5) is 0 Å². The number of aromatic nitrogens is 1. The van der Waals surface area contributed by atoms with Gasteiger partial charge in [0.05, 0.1) is 5.92 Å². The summed E-state index contributed by atoms with van der Waals surface area (Å²) in [6.07, 6.45) is 2.56. The van der Waals surface area contributed by atoms with Crippen LogP contribution < -0.4 is 0 Å². The first kappa shape index (κ1) is 17.3. The van der Waals surface area contributed by atoms with E-state index < -0.39 is 31.4 Å². The summed E-state index contributed by atoms with van der Waals surface area (Å²) < 4.78 is 12.1. The second-order valence-corrected chi connectivity index (χ2v) is 7.34. The highest BCUT2D eigenvalue weighted by atomic mass is 31.2.